The number of ether oxygens (including phenoxy) is 1. The van der Waals surface area contributed by atoms with Gasteiger partial charge in [0.1, 0.15) is 0 Å². The fourth-order valence-electron chi connectivity index (χ4n) is 2.71. The Balaban J connectivity index is 1.69. The third-order valence-corrected chi connectivity index (χ3v) is 4.54. The van der Waals surface area contributed by atoms with E-state index in [0.29, 0.717) is 23.4 Å². The Hall–Kier alpha value is -3.46. The minimum atomic E-state index is -0.311. The van der Waals surface area contributed by atoms with Crippen LogP contribution in [0.3, 0.4) is 0 Å². The first-order valence-electron chi connectivity index (χ1n) is 10.1. The Bertz CT molecular complexity index is 896. The maximum absolute atomic E-state index is 11.3. The summed E-state index contributed by atoms with van der Waals surface area (Å²) in [6, 6.07) is 17.0. The first-order valence-corrected chi connectivity index (χ1v) is 10.1. The quantitative estimate of drug-likeness (QED) is 0.196. The van der Waals surface area contributed by atoms with Crippen molar-refractivity contribution in [3.05, 3.63) is 66.2 Å². The van der Waals surface area contributed by atoms with E-state index in [4.69, 9.17) is 10.00 Å². The Morgan fingerprint density at radius 3 is 2.13 bits per heavy atom. The Labute approximate surface area is 178 Å². The molecule has 0 aliphatic carbocycles. The molecule has 0 bridgehead atoms. The van der Waals surface area contributed by atoms with Gasteiger partial charge in [0.2, 0.25) is 0 Å². The van der Waals surface area contributed by atoms with Gasteiger partial charge in [0.15, 0.2) is 0 Å². The number of rotatable bonds is 11. The van der Waals surface area contributed by atoms with Crippen molar-refractivity contribution < 1.29 is 9.53 Å². The summed E-state index contributed by atoms with van der Waals surface area (Å²) < 4.78 is 5.09. The zero-order chi connectivity index (χ0) is 21.8. The molecule has 0 atom stereocenters. The second-order valence-electron chi connectivity index (χ2n) is 7.13. The lowest BCUT2D eigenvalue weighted by atomic mass is 10.2. The molecule has 0 heterocycles. The molecular formula is C24H28N4O2. The summed E-state index contributed by atoms with van der Waals surface area (Å²) in [5.74, 6) is -0.311. The lowest BCUT2D eigenvalue weighted by Crippen LogP contribution is -2.18. The number of unbranched alkanes of at least 4 members (excludes halogenated alkanes) is 3. The van der Waals surface area contributed by atoms with Gasteiger partial charge in [-0.2, -0.15) is 15.5 Å². The van der Waals surface area contributed by atoms with Crippen molar-refractivity contribution in [2.45, 2.75) is 32.6 Å². The highest BCUT2D eigenvalue weighted by atomic mass is 16.5. The molecule has 0 amide bonds. The van der Waals surface area contributed by atoms with Gasteiger partial charge >= 0.3 is 5.97 Å². The van der Waals surface area contributed by atoms with Gasteiger partial charge in [-0.25, -0.2) is 4.79 Å². The van der Waals surface area contributed by atoms with E-state index < -0.39 is 0 Å². The molecule has 2 aromatic carbocycles. The van der Waals surface area contributed by atoms with Gasteiger partial charge < -0.3 is 9.64 Å². The molecular weight excluding hydrogens is 376 g/mol. The van der Waals surface area contributed by atoms with Crippen LogP contribution in [0, 0.1) is 11.3 Å². The topological polar surface area (TPSA) is 78.0 Å². The van der Waals surface area contributed by atoms with Gasteiger partial charge in [-0.05, 0) is 74.7 Å². The van der Waals surface area contributed by atoms with Gasteiger partial charge in [-0.3, -0.25) is 0 Å². The highest BCUT2D eigenvalue weighted by Gasteiger charge is 2.03. The molecule has 0 radical (unpaired) electrons. The largest absolute Gasteiger partial charge is 0.462 e. The highest BCUT2D eigenvalue weighted by Crippen LogP contribution is 2.22. The van der Waals surface area contributed by atoms with E-state index in [1.165, 1.54) is 0 Å². The number of carbonyl (C=O) groups is 1. The van der Waals surface area contributed by atoms with Crippen molar-refractivity contribution in [1.82, 2.24) is 0 Å². The summed E-state index contributed by atoms with van der Waals surface area (Å²) in [5, 5.41) is 17.3. The van der Waals surface area contributed by atoms with Crippen LogP contribution in [-0.4, -0.2) is 26.2 Å². The predicted octanol–water partition coefficient (Wildman–Crippen LogP) is 6.09. The van der Waals surface area contributed by atoms with Crippen LogP contribution in [0.1, 0.15) is 38.2 Å². The predicted molar refractivity (Wildman–Crippen MR) is 119 cm³/mol. The number of azo groups is 1. The molecule has 0 aromatic heterocycles. The van der Waals surface area contributed by atoms with Gasteiger partial charge in [-0.1, -0.05) is 13.0 Å². The SMILES string of the molecule is C=C(C)C(=O)OCCCCCCN(C)c1ccc(N=Nc2ccc(C#N)cc2)cc1. The van der Waals surface area contributed by atoms with Gasteiger partial charge in [-0.15, -0.1) is 0 Å². The minimum absolute atomic E-state index is 0.311. The molecule has 156 valence electrons. The van der Waals surface area contributed by atoms with E-state index in [-0.39, 0.29) is 5.97 Å². The van der Waals surface area contributed by atoms with E-state index in [1.54, 1.807) is 31.2 Å². The summed E-state index contributed by atoms with van der Waals surface area (Å²) in [5.41, 5.74) is 3.67. The summed E-state index contributed by atoms with van der Waals surface area (Å²) in [4.78, 5) is 13.5. The fourth-order valence-corrected chi connectivity index (χ4v) is 2.71. The van der Waals surface area contributed by atoms with Crippen molar-refractivity contribution in [3.8, 4) is 6.07 Å². The standard InChI is InChI=1S/C24H28N4O2/c1-19(2)24(29)30-17-7-5-4-6-16-28(3)23-14-12-22(13-15-23)27-26-21-10-8-20(18-25)9-11-21/h8-15H,1,4-7,16-17H2,2-3H3. The van der Waals surface area contributed by atoms with Crippen molar-refractivity contribution >= 4 is 23.0 Å². The van der Waals surface area contributed by atoms with E-state index in [9.17, 15) is 4.79 Å². The molecule has 0 saturated heterocycles. The van der Waals surface area contributed by atoms with Gasteiger partial charge in [0, 0.05) is 24.9 Å². The molecule has 0 fully saturated rings. The molecule has 0 aliphatic heterocycles. The number of nitriles is 1. The monoisotopic (exact) mass is 404 g/mol. The summed E-state index contributed by atoms with van der Waals surface area (Å²) >= 11 is 0. The van der Waals surface area contributed by atoms with Crippen LogP contribution < -0.4 is 4.90 Å². The second kappa shape index (κ2) is 12.2. The van der Waals surface area contributed by atoms with Crippen LogP contribution >= 0.6 is 0 Å². The van der Waals surface area contributed by atoms with Crippen LogP contribution in [-0.2, 0) is 9.53 Å². The summed E-state index contributed by atoms with van der Waals surface area (Å²) in [7, 11) is 2.07. The molecule has 30 heavy (non-hydrogen) atoms. The molecule has 2 aromatic rings. The summed E-state index contributed by atoms with van der Waals surface area (Å²) in [6.45, 7) is 6.64. The minimum Gasteiger partial charge on any atom is -0.462 e. The molecule has 6 heteroatoms. The van der Waals surface area contributed by atoms with E-state index in [2.05, 4.69) is 34.8 Å². The number of esters is 1. The maximum Gasteiger partial charge on any atom is 0.333 e. The van der Waals surface area contributed by atoms with Crippen LogP contribution in [0.5, 0.6) is 0 Å². The smallest absolute Gasteiger partial charge is 0.333 e. The first kappa shape index (κ1) is 22.8. The van der Waals surface area contributed by atoms with E-state index in [1.807, 2.05) is 24.3 Å². The zero-order valence-electron chi connectivity index (χ0n) is 17.7. The zero-order valence-corrected chi connectivity index (χ0v) is 17.7. The number of anilines is 1. The number of hydrogen-bond donors (Lipinski definition) is 0. The molecule has 0 saturated carbocycles. The number of carbonyl (C=O) groups excluding carboxylic acids is 1. The van der Waals surface area contributed by atoms with Crippen molar-refractivity contribution in [2.75, 3.05) is 25.1 Å². The third-order valence-electron chi connectivity index (χ3n) is 4.54. The van der Waals surface area contributed by atoms with E-state index in [0.717, 1.165) is 43.6 Å². The lowest BCUT2D eigenvalue weighted by Gasteiger charge is -2.19. The lowest BCUT2D eigenvalue weighted by molar-refractivity contribution is -0.139. The average Bonchev–Trinajstić information content (AvgIpc) is 2.77. The normalized spacial score (nSPS) is 10.6. The van der Waals surface area contributed by atoms with E-state index >= 15 is 0 Å². The highest BCUT2D eigenvalue weighted by molar-refractivity contribution is 5.86. The molecule has 0 N–H and O–H groups in total. The van der Waals surface area contributed by atoms with Crippen LogP contribution in [0.15, 0.2) is 70.9 Å². The molecule has 2 rings (SSSR count). The summed E-state index contributed by atoms with van der Waals surface area (Å²) in [6.07, 6.45) is 4.07. The Kier molecular flexibility index (Phi) is 9.26. The van der Waals surface area contributed by atoms with Gasteiger partial charge in [0.05, 0.1) is 29.6 Å². The number of nitrogens with zero attached hydrogens (tertiary/aromatic N) is 4. The van der Waals surface area contributed by atoms with Crippen molar-refractivity contribution in [1.29, 1.82) is 5.26 Å². The van der Waals surface area contributed by atoms with Crippen molar-refractivity contribution in [3.63, 3.8) is 0 Å². The van der Waals surface area contributed by atoms with Crippen LogP contribution in [0.4, 0.5) is 17.1 Å². The third kappa shape index (κ3) is 7.88. The van der Waals surface area contributed by atoms with Crippen LogP contribution in [0.25, 0.3) is 0 Å². The number of benzene rings is 2. The molecule has 6 nitrogen and oxygen atoms in total. The van der Waals surface area contributed by atoms with Crippen LogP contribution in [0.2, 0.25) is 0 Å². The maximum atomic E-state index is 11.3. The van der Waals surface area contributed by atoms with Gasteiger partial charge in [0.25, 0.3) is 0 Å². The number of hydrogen-bond acceptors (Lipinski definition) is 6. The Morgan fingerprint density at radius 1 is 1.00 bits per heavy atom. The Morgan fingerprint density at radius 2 is 1.57 bits per heavy atom. The van der Waals surface area contributed by atoms with Crippen molar-refractivity contribution in [2.24, 2.45) is 10.2 Å². The first-order chi connectivity index (χ1) is 14.5. The molecule has 0 unspecified atom stereocenters. The fraction of sp³-hybridized carbons (Fsp3) is 0.333. The second-order valence-corrected chi connectivity index (χ2v) is 7.13. The average molecular weight is 405 g/mol. The molecule has 0 aliphatic rings. The molecule has 0 spiro atoms.